The van der Waals surface area contributed by atoms with Crippen LogP contribution in [0.5, 0.6) is 0 Å². The van der Waals surface area contributed by atoms with Crippen LogP contribution in [-0.2, 0) is 0 Å². The molecule has 16 heavy (non-hydrogen) atoms. The van der Waals surface area contributed by atoms with Crippen molar-refractivity contribution in [3.8, 4) is 0 Å². The molecule has 0 spiro atoms. The number of hydrogen-bond donors (Lipinski definition) is 1. The summed E-state index contributed by atoms with van der Waals surface area (Å²) in [5.74, 6) is 0.958. The molecule has 1 N–H and O–H groups in total. The molecule has 0 saturated heterocycles. The topological polar surface area (TPSA) is 33.4 Å². The predicted octanol–water partition coefficient (Wildman–Crippen LogP) is 3.31. The second-order valence-electron chi connectivity index (χ2n) is 4.37. The zero-order valence-corrected chi connectivity index (χ0v) is 9.18. The summed E-state index contributed by atoms with van der Waals surface area (Å²) in [7, 11) is 0. The Hall–Kier alpha value is -1.54. The van der Waals surface area contributed by atoms with Gasteiger partial charge in [-0.15, -0.1) is 0 Å². The van der Waals surface area contributed by atoms with E-state index >= 15 is 0 Å². The highest BCUT2D eigenvalue weighted by atomic mass is 16.3. The Bertz CT molecular complexity index is 551. The Balaban J connectivity index is 2.30. The molecule has 2 nitrogen and oxygen atoms in total. The largest absolute Gasteiger partial charge is 0.460 e. The molecule has 0 fully saturated rings. The lowest BCUT2D eigenvalue weighted by Crippen LogP contribution is -2.13. The van der Waals surface area contributed by atoms with E-state index in [1.54, 1.807) is 0 Å². The minimum Gasteiger partial charge on any atom is -0.460 e. The third-order valence-electron chi connectivity index (χ3n) is 3.32. The van der Waals surface area contributed by atoms with Crippen molar-refractivity contribution in [3.05, 3.63) is 41.7 Å². The Labute approximate surface area is 94.2 Å². The van der Waals surface area contributed by atoms with Gasteiger partial charge in [0.2, 0.25) is 0 Å². The van der Waals surface area contributed by atoms with E-state index in [1.807, 2.05) is 31.2 Å². The van der Waals surface area contributed by atoms with Gasteiger partial charge in [-0.2, -0.15) is 0 Å². The van der Waals surface area contributed by atoms with E-state index in [4.69, 9.17) is 4.42 Å². The first kappa shape index (κ1) is 9.67. The molecule has 0 radical (unpaired) electrons. The van der Waals surface area contributed by atoms with Crippen molar-refractivity contribution in [2.24, 2.45) is 0 Å². The zero-order chi connectivity index (χ0) is 11.1. The number of benzene rings is 1. The zero-order valence-electron chi connectivity index (χ0n) is 9.18. The van der Waals surface area contributed by atoms with Crippen molar-refractivity contribution in [1.82, 2.24) is 0 Å². The summed E-state index contributed by atoms with van der Waals surface area (Å²) in [6.45, 7) is 2.01. The first-order valence-electron chi connectivity index (χ1n) is 5.63. The molecule has 82 valence electrons. The molecule has 0 amide bonds. The van der Waals surface area contributed by atoms with Gasteiger partial charge in [-0.05, 0) is 12.5 Å². The molecule has 2 aromatic rings. The van der Waals surface area contributed by atoms with Crippen molar-refractivity contribution in [3.63, 3.8) is 0 Å². The Morgan fingerprint density at radius 1 is 1.31 bits per heavy atom. The fraction of sp³-hybridized carbons (Fsp3) is 0.286. The summed E-state index contributed by atoms with van der Waals surface area (Å²) in [6, 6.07) is 8.01. The van der Waals surface area contributed by atoms with Gasteiger partial charge >= 0.3 is 0 Å². The normalized spacial score (nSPS) is 24.4. The van der Waals surface area contributed by atoms with Crippen LogP contribution in [0.15, 0.2) is 34.8 Å². The number of para-hydroxylation sites is 1. The first-order valence-corrected chi connectivity index (χ1v) is 5.63. The molecule has 0 bridgehead atoms. The molecule has 3 rings (SSSR count). The van der Waals surface area contributed by atoms with E-state index in [0.717, 1.165) is 22.3 Å². The lowest BCUT2D eigenvalue weighted by molar-refractivity contribution is 0.144. The maximum absolute atomic E-state index is 9.92. The average molecular weight is 214 g/mol. The molecule has 0 aliphatic heterocycles. The second-order valence-corrected chi connectivity index (χ2v) is 4.37. The van der Waals surface area contributed by atoms with E-state index < -0.39 is 0 Å². The van der Waals surface area contributed by atoms with Crippen LogP contribution in [-0.4, -0.2) is 11.2 Å². The number of rotatable bonds is 0. The van der Waals surface area contributed by atoms with E-state index in [0.29, 0.717) is 6.42 Å². The molecule has 2 heteroatoms. The van der Waals surface area contributed by atoms with Gasteiger partial charge in [0.25, 0.3) is 0 Å². The van der Waals surface area contributed by atoms with Crippen LogP contribution in [0.3, 0.4) is 0 Å². The lowest BCUT2D eigenvalue weighted by Gasteiger charge is -2.13. The maximum atomic E-state index is 9.92. The van der Waals surface area contributed by atoms with Gasteiger partial charge in [0.1, 0.15) is 11.3 Å². The van der Waals surface area contributed by atoms with Crippen molar-refractivity contribution in [2.45, 2.75) is 25.4 Å². The smallest absolute Gasteiger partial charge is 0.134 e. The number of hydrogen-bond acceptors (Lipinski definition) is 2. The van der Waals surface area contributed by atoms with Crippen LogP contribution >= 0.6 is 0 Å². The van der Waals surface area contributed by atoms with Crippen molar-refractivity contribution >= 4 is 17.0 Å². The lowest BCUT2D eigenvalue weighted by atomic mass is 9.98. The van der Waals surface area contributed by atoms with Gasteiger partial charge in [0.15, 0.2) is 0 Å². The fourth-order valence-electron chi connectivity index (χ4n) is 2.30. The molecule has 1 aliphatic rings. The number of aliphatic hydroxyl groups excluding tert-OH is 1. The Morgan fingerprint density at radius 2 is 2.12 bits per heavy atom. The molecular formula is C14H14O2. The van der Waals surface area contributed by atoms with Gasteiger partial charge in [-0.1, -0.05) is 37.3 Å². The fourth-order valence-corrected chi connectivity index (χ4v) is 2.30. The van der Waals surface area contributed by atoms with Crippen LogP contribution in [0.2, 0.25) is 0 Å². The molecule has 1 aromatic carbocycles. The highest BCUT2D eigenvalue weighted by Crippen LogP contribution is 2.36. The predicted molar refractivity (Wildman–Crippen MR) is 64.3 cm³/mol. The second kappa shape index (κ2) is 3.49. The number of aliphatic hydroxyl groups is 1. The van der Waals surface area contributed by atoms with E-state index in [-0.39, 0.29) is 12.0 Å². The van der Waals surface area contributed by atoms with Crippen molar-refractivity contribution < 1.29 is 9.52 Å². The molecule has 0 saturated carbocycles. The third-order valence-corrected chi connectivity index (χ3v) is 3.32. The highest BCUT2D eigenvalue weighted by molar-refractivity contribution is 5.88. The first-order chi connectivity index (χ1) is 7.77. The Morgan fingerprint density at radius 3 is 3.00 bits per heavy atom. The van der Waals surface area contributed by atoms with E-state index in [1.165, 1.54) is 0 Å². The minimum absolute atomic E-state index is 0.0531. The quantitative estimate of drug-likeness (QED) is 0.729. The summed E-state index contributed by atoms with van der Waals surface area (Å²) >= 11 is 0. The molecule has 1 aliphatic carbocycles. The molecular weight excluding hydrogens is 200 g/mol. The minimum atomic E-state index is -0.349. The van der Waals surface area contributed by atoms with Crippen LogP contribution < -0.4 is 0 Å². The van der Waals surface area contributed by atoms with Gasteiger partial charge in [0.05, 0.1) is 6.10 Å². The van der Waals surface area contributed by atoms with Gasteiger partial charge < -0.3 is 9.52 Å². The summed E-state index contributed by atoms with van der Waals surface area (Å²) in [5.41, 5.74) is 2.03. The summed E-state index contributed by atoms with van der Waals surface area (Å²) in [4.78, 5) is 0. The van der Waals surface area contributed by atoms with Crippen LogP contribution in [0, 0.1) is 0 Å². The van der Waals surface area contributed by atoms with Crippen LogP contribution in [0.25, 0.3) is 17.0 Å². The highest BCUT2D eigenvalue weighted by Gasteiger charge is 2.25. The molecule has 1 heterocycles. The van der Waals surface area contributed by atoms with Crippen molar-refractivity contribution in [2.75, 3.05) is 0 Å². The monoisotopic (exact) mass is 214 g/mol. The summed E-state index contributed by atoms with van der Waals surface area (Å²) in [5, 5.41) is 11.1. The SMILES string of the molecule is C[C@@H]1c2oc3ccccc3c2C=CC[C@H]1O. The molecule has 1 aromatic heterocycles. The Kier molecular flexibility index (Phi) is 2.11. The van der Waals surface area contributed by atoms with Gasteiger partial charge in [-0.25, -0.2) is 0 Å². The maximum Gasteiger partial charge on any atom is 0.134 e. The average Bonchev–Trinajstić information content (AvgIpc) is 2.61. The van der Waals surface area contributed by atoms with E-state index in [2.05, 4.69) is 12.1 Å². The third kappa shape index (κ3) is 1.30. The van der Waals surface area contributed by atoms with Gasteiger partial charge in [0, 0.05) is 16.9 Å². The molecule has 2 atom stereocenters. The standard InChI is InChI=1S/C14H14O2/c1-9-12(15)7-4-6-11-10-5-2-3-8-13(10)16-14(9)11/h2-6,8-9,12,15H,7H2,1H3/t9-,12+/m0/s1. The van der Waals surface area contributed by atoms with E-state index in [9.17, 15) is 5.11 Å². The number of fused-ring (bicyclic) bond motifs is 3. The van der Waals surface area contributed by atoms with Gasteiger partial charge in [-0.3, -0.25) is 0 Å². The molecule has 0 unspecified atom stereocenters. The van der Waals surface area contributed by atoms with Crippen LogP contribution in [0.4, 0.5) is 0 Å². The van der Waals surface area contributed by atoms with Crippen molar-refractivity contribution in [1.29, 1.82) is 0 Å². The summed E-state index contributed by atoms with van der Waals surface area (Å²) in [6.07, 6.45) is 4.43. The summed E-state index contributed by atoms with van der Waals surface area (Å²) < 4.78 is 5.84. The van der Waals surface area contributed by atoms with Crippen LogP contribution in [0.1, 0.15) is 30.6 Å². The number of furan rings is 1.